The number of ketones is 1. The summed E-state index contributed by atoms with van der Waals surface area (Å²) < 4.78 is 52.5. The van der Waals surface area contributed by atoms with Gasteiger partial charge in [-0.15, -0.1) is 11.3 Å². The van der Waals surface area contributed by atoms with Gasteiger partial charge in [0.05, 0.1) is 32.9 Å². The molecule has 0 spiro atoms. The van der Waals surface area contributed by atoms with Crippen molar-refractivity contribution in [2.24, 2.45) is 0 Å². The van der Waals surface area contributed by atoms with E-state index < -0.39 is 19.7 Å². The molecule has 0 bridgehead atoms. The molecule has 0 amide bonds. The van der Waals surface area contributed by atoms with Crippen LogP contribution < -0.4 is 4.90 Å². The highest BCUT2D eigenvalue weighted by molar-refractivity contribution is 7.91. The number of morpholine rings is 1. The number of nitrogens with zero attached hydrogens (tertiary/aromatic N) is 1. The first-order valence-electron chi connectivity index (χ1n) is 10.2. The zero-order valence-corrected chi connectivity index (χ0v) is 20.6. The molecule has 0 N–H and O–H groups in total. The van der Waals surface area contributed by atoms with Gasteiger partial charge in [-0.05, 0) is 48.0 Å². The molecule has 0 radical (unpaired) electrons. The van der Waals surface area contributed by atoms with Gasteiger partial charge in [-0.3, -0.25) is 4.79 Å². The van der Waals surface area contributed by atoms with Crippen molar-refractivity contribution >= 4 is 41.8 Å². The highest BCUT2D eigenvalue weighted by Gasteiger charge is 2.23. The monoisotopic (exact) mass is 505 g/mol. The first kappa shape index (κ1) is 23.6. The molecule has 174 valence electrons. The van der Waals surface area contributed by atoms with Gasteiger partial charge in [-0.2, -0.15) is 0 Å². The van der Waals surface area contributed by atoms with E-state index in [0.29, 0.717) is 36.7 Å². The van der Waals surface area contributed by atoms with E-state index in [0.717, 1.165) is 28.6 Å². The lowest BCUT2D eigenvalue weighted by Crippen LogP contribution is -2.35. The summed E-state index contributed by atoms with van der Waals surface area (Å²) in [6, 6.07) is 14.4. The van der Waals surface area contributed by atoms with E-state index in [9.17, 15) is 21.6 Å². The van der Waals surface area contributed by atoms with E-state index in [1.54, 1.807) is 24.3 Å². The fraction of sp³-hybridized carbons (Fsp3) is 0.261. The summed E-state index contributed by atoms with van der Waals surface area (Å²) in [6.45, 7) is 2.54. The third-order valence-electron chi connectivity index (χ3n) is 5.37. The quantitative estimate of drug-likeness (QED) is 0.474. The predicted molar refractivity (Wildman–Crippen MR) is 129 cm³/mol. The predicted octanol–water partition coefficient (Wildman–Crippen LogP) is 3.29. The number of hydrogen-bond donors (Lipinski definition) is 0. The van der Waals surface area contributed by atoms with Crippen LogP contribution in [-0.2, 0) is 24.4 Å². The molecule has 3 aromatic rings. The van der Waals surface area contributed by atoms with E-state index in [1.807, 2.05) is 6.07 Å². The summed E-state index contributed by atoms with van der Waals surface area (Å²) in [5, 5.41) is 0.918. The molecule has 0 saturated carbocycles. The van der Waals surface area contributed by atoms with Crippen LogP contribution in [-0.4, -0.2) is 61.4 Å². The van der Waals surface area contributed by atoms with Gasteiger partial charge in [0.2, 0.25) is 5.78 Å². The molecule has 0 atom stereocenters. The van der Waals surface area contributed by atoms with Gasteiger partial charge in [-0.25, -0.2) is 16.8 Å². The van der Waals surface area contributed by atoms with Crippen LogP contribution in [0.2, 0.25) is 0 Å². The van der Waals surface area contributed by atoms with Gasteiger partial charge in [0.25, 0.3) is 0 Å². The Hall–Kier alpha value is -2.53. The maximum atomic E-state index is 13.2. The Morgan fingerprint density at radius 1 is 0.848 bits per heavy atom. The molecule has 0 aliphatic carbocycles. The SMILES string of the molecule is CS(=O)(=O)c1ccc(C(=O)c2cc(-c3ccc(S(C)(=O)=O)cc3)c(N3CCOCC3)s2)cc1. The molecular weight excluding hydrogens is 482 g/mol. The Kier molecular flexibility index (Phi) is 6.45. The average molecular weight is 506 g/mol. The van der Waals surface area contributed by atoms with Crippen molar-refractivity contribution in [3.8, 4) is 11.1 Å². The van der Waals surface area contributed by atoms with E-state index in [4.69, 9.17) is 4.74 Å². The Bertz CT molecular complexity index is 1380. The number of benzene rings is 2. The standard InChI is InChI=1S/C23H23NO6S3/c1-32(26,27)18-7-3-16(4-8-18)20-15-21(31-23(20)24-11-13-30-14-12-24)22(25)17-5-9-19(10-6-17)33(2,28)29/h3-10,15H,11-14H2,1-2H3. The van der Waals surface area contributed by atoms with Crippen LogP contribution in [0.25, 0.3) is 11.1 Å². The van der Waals surface area contributed by atoms with Crippen molar-refractivity contribution in [2.75, 3.05) is 43.7 Å². The molecule has 1 aliphatic heterocycles. The van der Waals surface area contributed by atoms with Crippen LogP contribution in [0.1, 0.15) is 15.2 Å². The molecule has 2 aromatic carbocycles. The van der Waals surface area contributed by atoms with E-state index in [2.05, 4.69) is 4.90 Å². The van der Waals surface area contributed by atoms with Crippen molar-refractivity contribution < 1.29 is 26.4 Å². The molecule has 1 fully saturated rings. The zero-order chi connectivity index (χ0) is 23.8. The average Bonchev–Trinajstić information content (AvgIpc) is 3.24. The minimum Gasteiger partial charge on any atom is -0.378 e. The molecule has 7 nitrogen and oxygen atoms in total. The lowest BCUT2D eigenvalue weighted by atomic mass is 10.1. The maximum Gasteiger partial charge on any atom is 0.203 e. The number of sulfone groups is 2. The lowest BCUT2D eigenvalue weighted by molar-refractivity contribution is 0.104. The lowest BCUT2D eigenvalue weighted by Gasteiger charge is -2.28. The molecule has 1 aromatic heterocycles. The fourth-order valence-electron chi connectivity index (χ4n) is 3.58. The largest absolute Gasteiger partial charge is 0.378 e. The number of thiophene rings is 1. The number of rotatable bonds is 6. The molecule has 10 heteroatoms. The highest BCUT2D eigenvalue weighted by Crippen LogP contribution is 2.40. The number of anilines is 1. The van der Waals surface area contributed by atoms with Crippen molar-refractivity contribution in [1.82, 2.24) is 0 Å². The normalized spacial score (nSPS) is 14.9. The topological polar surface area (TPSA) is 97.8 Å². The molecule has 1 saturated heterocycles. The minimum absolute atomic E-state index is 0.158. The second kappa shape index (κ2) is 9.02. The summed E-state index contributed by atoms with van der Waals surface area (Å²) in [5.41, 5.74) is 2.06. The van der Waals surface area contributed by atoms with Crippen molar-refractivity contribution in [3.63, 3.8) is 0 Å². The first-order chi connectivity index (χ1) is 15.5. The number of ether oxygens (including phenoxy) is 1. The van der Waals surface area contributed by atoms with Crippen LogP contribution in [0.4, 0.5) is 5.00 Å². The number of carbonyl (C=O) groups excluding carboxylic acids is 1. The zero-order valence-electron chi connectivity index (χ0n) is 18.1. The van der Waals surface area contributed by atoms with Gasteiger partial charge in [-0.1, -0.05) is 12.1 Å². The molecule has 0 unspecified atom stereocenters. The molecule has 1 aliphatic rings. The van der Waals surface area contributed by atoms with Crippen molar-refractivity contribution in [1.29, 1.82) is 0 Å². The maximum absolute atomic E-state index is 13.2. The van der Waals surface area contributed by atoms with Gasteiger partial charge < -0.3 is 9.64 Å². The summed E-state index contributed by atoms with van der Waals surface area (Å²) in [4.78, 5) is 16.3. The summed E-state index contributed by atoms with van der Waals surface area (Å²) in [7, 11) is -6.66. The molecule has 33 heavy (non-hydrogen) atoms. The van der Waals surface area contributed by atoms with Gasteiger partial charge in [0.1, 0.15) is 0 Å². The Labute approximate surface area is 197 Å². The highest BCUT2D eigenvalue weighted by atomic mass is 32.2. The van der Waals surface area contributed by atoms with Crippen molar-refractivity contribution in [3.05, 3.63) is 65.0 Å². The summed E-state index contributed by atoms with van der Waals surface area (Å²) >= 11 is 1.37. The van der Waals surface area contributed by atoms with Gasteiger partial charge in [0.15, 0.2) is 19.7 Å². The summed E-state index contributed by atoms with van der Waals surface area (Å²) in [5.74, 6) is -0.200. The van der Waals surface area contributed by atoms with Crippen LogP contribution in [0.3, 0.4) is 0 Å². The number of carbonyl (C=O) groups is 1. The molecule has 2 heterocycles. The third-order valence-corrected chi connectivity index (χ3v) is 8.82. The van der Waals surface area contributed by atoms with Crippen LogP contribution in [0.5, 0.6) is 0 Å². The smallest absolute Gasteiger partial charge is 0.203 e. The Balaban J connectivity index is 1.74. The van der Waals surface area contributed by atoms with Crippen LogP contribution in [0, 0.1) is 0 Å². The second-order valence-corrected chi connectivity index (χ2v) is 12.9. The Morgan fingerprint density at radius 3 is 1.88 bits per heavy atom. The van der Waals surface area contributed by atoms with Crippen LogP contribution >= 0.6 is 11.3 Å². The van der Waals surface area contributed by atoms with Gasteiger partial charge >= 0.3 is 0 Å². The number of hydrogen-bond acceptors (Lipinski definition) is 8. The van der Waals surface area contributed by atoms with E-state index >= 15 is 0 Å². The summed E-state index contributed by atoms with van der Waals surface area (Å²) in [6.07, 6.45) is 2.29. The minimum atomic E-state index is -3.35. The van der Waals surface area contributed by atoms with Crippen LogP contribution in [0.15, 0.2) is 64.4 Å². The first-order valence-corrected chi connectivity index (χ1v) is 14.8. The van der Waals surface area contributed by atoms with Gasteiger partial charge in [0, 0.05) is 36.7 Å². The third kappa shape index (κ3) is 5.19. The van der Waals surface area contributed by atoms with Crippen molar-refractivity contribution in [2.45, 2.75) is 9.79 Å². The molecular formula is C23H23NO6S3. The second-order valence-electron chi connectivity index (χ2n) is 7.85. The Morgan fingerprint density at radius 2 is 1.36 bits per heavy atom. The molecule has 4 rings (SSSR count). The van der Waals surface area contributed by atoms with E-state index in [1.165, 1.54) is 35.6 Å². The fourth-order valence-corrected chi connectivity index (χ4v) is 6.03. The van der Waals surface area contributed by atoms with E-state index in [-0.39, 0.29) is 15.6 Å².